The van der Waals surface area contributed by atoms with Crippen molar-refractivity contribution in [2.45, 2.75) is 56.0 Å². The molecule has 1 atom stereocenters. The number of piperidine rings is 1. The third kappa shape index (κ3) is 2.78. The number of nitriles is 1. The Kier molecular flexibility index (Phi) is 3.88. The topological polar surface area (TPSA) is 57.7 Å². The van der Waals surface area contributed by atoms with Gasteiger partial charge in [0.15, 0.2) is 5.16 Å². The van der Waals surface area contributed by atoms with Crippen molar-refractivity contribution < 1.29 is 0 Å². The molecule has 0 unspecified atom stereocenters. The second-order valence-corrected chi connectivity index (χ2v) is 7.25. The first-order valence-corrected chi connectivity index (χ1v) is 8.33. The zero-order valence-electron chi connectivity index (χ0n) is 12.1. The average molecular weight is 291 g/mol. The van der Waals surface area contributed by atoms with Crippen LogP contribution in [0.25, 0.3) is 0 Å². The maximum Gasteiger partial charge on any atom is 0.228 e. The molecule has 2 heterocycles. The molecule has 2 aliphatic rings. The molecule has 1 saturated carbocycles. The lowest BCUT2D eigenvalue weighted by molar-refractivity contribution is 0.429. The SMILES string of the molecule is CC1CCN(c2nnc(S[C@@H](C)C#N)n2C2CC2)CC1. The molecule has 0 spiro atoms. The van der Waals surface area contributed by atoms with Gasteiger partial charge in [0.05, 0.1) is 11.3 Å². The van der Waals surface area contributed by atoms with E-state index in [1.54, 1.807) is 0 Å². The molecule has 0 radical (unpaired) electrons. The quantitative estimate of drug-likeness (QED) is 0.798. The summed E-state index contributed by atoms with van der Waals surface area (Å²) in [6, 6.07) is 2.81. The highest BCUT2D eigenvalue weighted by atomic mass is 32.2. The fourth-order valence-electron chi connectivity index (χ4n) is 2.61. The van der Waals surface area contributed by atoms with Crippen molar-refractivity contribution in [1.29, 1.82) is 5.26 Å². The molecule has 0 bridgehead atoms. The Bertz CT molecular complexity index is 508. The van der Waals surface area contributed by atoms with E-state index in [2.05, 4.69) is 32.7 Å². The van der Waals surface area contributed by atoms with E-state index in [0.29, 0.717) is 6.04 Å². The highest BCUT2D eigenvalue weighted by Crippen LogP contribution is 2.42. The molecule has 1 saturated heterocycles. The zero-order chi connectivity index (χ0) is 14.1. The molecule has 1 aromatic rings. The number of thioether (sulfide) groups is 1. The molecule has 0 amide bonds. The summed E-state index contributed by atoms with van der Waals surface area (Å²) < 4.78 is 2.27. The number of nitrogens with zero attached hydrogens (tertiary/aromatic N) is 5. The van der Waals surface area contributed by atoms with E-state index in [4.69, 9.17) is 5.26 Å². The van der Waals surface area contributed by atoms with Gasteiger partial charge >= 0.3 is 0 Å². The van der Waals surface area contributed by atoms with Gasteiger partial charge in [0, 0.05) is 19.1 Å². The molecular weight excluding hydrogens is 270 g/mol. The molecule has 108 valence electrons. The van der Waals surface area contributed by atoms with Gasteiger partial charge < -0.3 is 4.90 Å². The van der Waals surface area contributed by atoms with Gasteiger partial charge in [-0.05, 0) is 38.5 Å². The highest BCUT2D eigenvalue weighted by molar-refractivity contribution is 8.00. The van der Waals surface area contributed by atoms with Crippen LogP contribution in [0.1, 0.15) is 45.6 Å². The summed E-state index contributed by atoms with van der Waals surface area (Å²) in [5, 5.41) is 18.6. The smallest absolute Gasteiger partial charge is 0.228 e. The summed E-state index contributed by atoms with van der Waals surface area (Å²) >= 11 is 1.53. The van der Waals surface area contributed by atoms with Crippen molar-refractivity contribution in [3.63, 3.8) is 0 Å². The van der Waals surface area contributed by atoms with Crippen molar-refractivity contribution >= 4 is 17.7 Å². The maximum atomic E-state index is 8.99. The first kappa shape index (κ1) is 13.7. The minimum Gasteiger partial charge on any atom is -0.341 e. The van der Waals surface area contributed by atoms with Crippen LogP contribution >= 0.6 is 11.8 Å². The van der Waals surface area contributed by atoms with Crippen molar-refractivity contribution in [1.82, 2.24) is 14.8 Å². The molecule has 1 aromatic heterocycles. The molecule has 1 aliphatic heterocycles. The van der Waals surface area contributed by atoms with Gasteiger partial charge in [0.25, 0.3) is 0 Å². The lowest BCUT2D eigenvalue weighted by Crippen LogP contribution is -2.34. The van der Waals surface area contributed by atoms with Gasteiger partial charge in [-0.25, -0.2) is 0 Å². The van der Waals surface area contributed by atoms with Crippen molar-refractivity contribution in [2.24, 2.45) is 5.92 Å². The Morgan fingerprint density at radius 3 is 2.55 bits per heavy atom. The minimum absolute atomic E-state index is 0.0778. The Morgan fingerprint density at radius 2 is 1.95 bits per heavy atom. The van der Waals surface area contributed by atoms with E-state index in [1.807, 2.05) is 6.92 Å². The molecule has 1 aliphatic carbocycles. The van der Waals surface area contributed by atoms with Gasteiger partial charge in [0.2, 0.25) is 5.95 Å². The second-order valence-electron chi connectivity index (χ2n) is 5.94. The Hall–Kier alpha value is -1.22. The normalized spacial score (nSPS) is 21.8. The number of anilines is 1. The lowest BCUT2D eigenvalue weighted by atomic mass is 10.00. The van der Waals surface area contributed by atoms with E-state index in [0.717, 1.165) is 30.1 Å². The Labute approximate surface area is 124 Å². The lowest BCUT2D eigenvalue weighted by Gasteiger charge is -2.31. The monoisotopic (exact) mass is 291 g/mol. The van der Waals surface area contributed by atoms with E-state index in [1.165, 1.54) is 37.4 Å². The molecule has 2 fully saturated rings. The molecule has 0 aromatic carbocycles. The van der Waals surface area contributed by atoms with Crippen LogP contribution in [0.15, 0.2) is 5.16 Å². The average Bonchev–Trinajstić information content (AvgIpc) is 3.21. The molecule has 0 N–H and O–H groups in total. The standard InChI is InChI=1S/C14H21N5S/c1-10-5-7-18(8-6-10)13-16-17-14(20-11(2)9-15)19(13)12-3-4-12/h10-12H,3-8H2,1-2H3/t11-/m0/s1. The first-order chi connectivity index (χ1) is 9.69. The van der Waals surface area contributed by atoms with Crippen LogP contribution in [0.3, 0.4) is 0 Å². The van der Waals surface area contributed by atoms with Crippen LogP contribution in [0.5, 0.6) is 0 Å². The summed E-state index contributed by atoms with van der Waals surface area (Å²) in [4.78, 5) is 2.37. The Morgan fingerprint density at radius 1 is 1.25 bits per heavy atom. The van der Waals surface area contributed by atoms with Gasteiger partial charge in [-0.1, -0.05) is 18.7 Å². The van der Waals surface area contributed by atoms with Crippen molar-refractivity contribution in [2.75, 3.05) is 18.0 Å². The summed E-state index contributed by atoms with van der Waals surface area (Å²) in [6.45, 7) is 6.38. The third-order valence-corrected chi connectivity index (χ3v) is 5.04. The van der Waals surface area contributed by atoms with E-state index < -0.39 is 0 Å². The van der Waals surface area contributed by atoms with Gasteiger partial charge in [-0.3, -0.25) is 4.57 Å². The number of rotatable bonds is 4. The molecule has 5 nitrogen and oxygen atoms in total. The fraction of sp³-hybridized carbons (Fsp3) is 0.786. The van der Waals surface area contributed by atoms with Crippen LogP contribution < -0.4 is 4.90 Å². The van der Waals surface area contributed by atoms with Gasteiger partial charge in [0.1, 0.15) is 0 Å². The summed E-state index contributed by atoms with van der Waals surface area (Å²) in [5.74, 6) is 1.84. The summed E-state index contributed by atoms with van der Waals surface area (Å²) in [6.07, 6.45) is 4.89. The van der Waals surface area contributed by atoms with Crippen LogP contribution in [-0.4, -0.2) is 33.1 Å². The number of aromatic nitrogens is 3. The predicted octanol–water partition coefficient (Wildman–Crippen LogP) is 2.85. The van der Waals surface area contributed by atoms with Gasteiger partial charge in [-0.2, -0.15) is 5.26 Å². The van der Waals surface area contributed by atoms with Crippen molar-refractivity contribution in [3.05, 3.63) is 0 Å². The predicted molar refractivity (Wildman–Crippen MR) is 79.8 cm³/mol. The molecule has 3 rings (SSSR count). The number of hydrogen-bond acceptors (Lipinski definition) is 5. The van der Waals surface area contributed by atoms with Crippen LogP contribution in [-0.2, 0) is 0 Å². The molecular formula is C14H21N5S. The number of hydrogen-bond donors (Lipinski definition) is 0. The summed E-state index contributed by atoms with van der Waals surface area (Å²) in [7, 11) is 0. The first-order valence-electron chi connectivity index (χ1n) is 7.45. The van der Waals surface area contributed by atoms with Gasteiger partial charge in [-0.15, -0.1) is 10.2 Å². The zero-order valence-corrected chi connectivity index (χ0v) is 12.9. The largest absolute Gasteiger partial charge is 0.341 e. The Balaban J connectivity index is 1.82. The fourth-order valence-corrected chi connectivity index (χ4v) is 3.41. The third-order valence-electron chi connectivity index (χ3n) is 4.09. The van der Waals surface area contributed by atoms with E-state index in [-0.39, 0.29) is 5.25 Å². The van der Waals surface area contributed by atoms with E-state index >= 15 is 0 Å². The van der Waals surface area contributed by atoms with Crippen LogP contribution in [0.2, 0.25) is 0 Å². The molecule has 6 heteroatoms. The van der Waals surface area contributed by atoms with Crippen molar-refractivity contribution in [3.8, 4) is 6.07 Å². The maximum absolute atomic E-state index is 8.99. The molecule has 20 heavy (non-hydrogen) atoms. The van der Waals surface area contributed by atoms with Crippen LogP contribution in [0.4, 0.5) is 5.95 Å². The van der Waals surface area contributed by atoms with E-state index in [9.17, 15) is 0 Å². The second kappa shape index (κ2) is 5.65. The van der Waals surface area contributed by atoms with Crippen LogP contribution in [0, 0.1) is 17.2 Å². The minimum atomic E-state index is -0.0778. The summed E-state index contributed by atoms with van der Waals surface area (Å²) in [5.41, 5.74) is 0. The highest BCUT2D eigenvalue weighted by Gasteiger charge is 2.32.